The van der Waals surface area contributed by atoms with E-state index in [0.29, 0.717) is 18.3 Å². The molecule has 7 rings (SSSR count). The Morgan fingerprint density at radius 1 is 0.724 bits per heavy atom. The quantitative estimate of drug-likeness (QED) is 0.135. The molecule has 2 aromatic heterocycles. The molecule has 1 aliphatic carbocycles. The highest BCUT2D eigenvalue weighted by Gasteiger charge is 2.51. The lowest BCUT2D eigenvalue weighted by Crippen LogP contribution is -2.54. The molecule has 3 aliphatic rings. The molecule has 1 saturated carbocycles. The molecule has 4 aromatic rings. The third-order valence-electron chi connectivity index (χ3n) is 11.7. The number of nitrogens with one attached hydrogen (secondary N) is 4. The number of ether oxygens (including phenoxy) is 2. The molecule has 14 nitrogen and oxygen atoms in total. The Labute approximate surface area is 338 Å². The van der Waals surface area contributed by atoms with Gasteiger partial charge in [0.1, 0.15) is 23.7 Å². The van der Waals surface area contributed by atoms with Gasteiger partial charge in [0.15, 0.2) is 0 Å². The van der Waals surface area contributed by atoms with Crippen LogP contribution in [0, 0.1) is 29.6 Å². The number of hydrogen-bond acceptors (Lipinski definition) is 8. The van der Waals surface area contributed by atoms with E-state index in [1.807, 2.05) is 87.3 Å². The van der Waals surface area contributed by atoms with Gasteiger partial charge in [-0.1, -0.05) is 63.8 Å². The van der Waals surface area contributed by atoms with Crippen molar-refractivity contribution in [1.29, 1.82) is 0 Å². The number of nitrogens with zero attached hydrogens (tertiary/aromatic N) is 4. The van der Waals surface area contributed by atoms with Gasteiger partial charge in [-0.05, 0) is 85.3 Å². The van der Waals surface area contributed by atoms with E-state index in [-0.39, 0.29) is 41.8 Å². The first-order chi connectivity index (χ1) is 27.9. The molecule has 2 unspecified atom stereocenters. The number of benzene rings is 2. The Balaban J connectivity index is 0.990. The van der Waals surface area contributed by atoms with E-state index in [2.05, 4.69) is 37.4 Å². The summed E-state index contributed by atoms with van der Waals surface area (Å²) in [6.45, 7) is 8.23. The summed E-state index contributed by atoms with van der Waals surface area (Å²) in [5.74, 6) is 7.85. The number of aromatic amines is 2. The average Bonchev–Trinajstić information content (AvgIpc) is 4.09. The smallest absolute Gasteiger partial charge is 0.407 e. The number of H-pyrrole nitrogens is 2. The number of amides is 4. The van der Waals surface area contributed by atoms with Crippen LogP contribution in [0.25, 0.3) is 22.5 Å². The van der Waals surface area contributed by atoms with Gasteiger partial charge in [0, 0.05) is 23.7 Å². The minimum atomic E-state index is -0.690. The highest BCUT2D eigenvalue weighted by Crippen LogP contribution is 2.50. The fourth-order valence-electron chi connectivity index (χ4n) is 8.61. The number of likely N-dealkylation sites (tertiary alicyclic amines) is 2. The number of carbonyl (C=O) groups is 4. The molecule has 304 valence electrons. The summed E-state index contributed by atoms with van der Waals surface area (Å²) in [7, 11) is 2.59. The number of carbonyl (C=O) groups excluding carboxylic acids is 4. The van der Waals surface area contributed by atoms with Crippen molar-refractivity contribution in [2.24, 2.45) is 17.8 Å². The van der Waals surface area contributed by atoms with E-state index >= 15 is 0 Å². The van der Waals surface area contributed by atoms with Crippen LogP contribution in [0.2, 0.25) is 0 Å². The number of alkyl carbamates (subject to hydrolysis) is 2. The molecular formula is C44H52N8O6. The van der Waals surface area contributed by atoms with Gasteiger partial charge in [0.2, 0.25) is 11.8 Å². The fraction of sp³-hybridized carbons (Fsp3) is 0.455. The second-order valence-corrected chi connectivity index (χ2v) is 16.1. The van der Waals surface area contributed by atoms with E-state index in [0.717, 1.165) is 71.6 Å². The van der Waals surface area contributed by atoms with Crippen LogP contribution in [0.4, 0.5) is 9.59 Å². The summed E-state index contributed by atoms with van der Waals surface area (Å²) in [5.41, 5.74) is 5.34. The summed E-state index contributed by atoms with van der Waals surface area (Å²) in [4.78, 5) is 71.5. The molecule has 2 saturated heterocycles. The standard InChI is InChI=1S/C44H52N8O6/c1-25(2)36(49-43(55)57-5)41(53)51-21-7-8-35(51)39-45-23-33(47-39)29-15-11-27(12-16-29)9-10-28-13-17-30(18-14-28)34-24-46-40(48-34)38-31-19-20-32(22-31)52(38)42(54)37(26(3)4)50-44(56)58-6/h11-18,23-26,31-32,35-38H,7-8,19-22H2,1-6H3,(H,45,47)(H,46,48)(H,49,55)(H,50,56)/t31-,32+,35-,36?,37?,38-/m0/s1. The van der Waals surface area contributed by atoms with Gasteiger partial charge in [0.05, 0.1) is 50.1 Å². The molecular weight excluding hydrogens is 737 g/mol. The number of rotatable bonds is 10. The SMILES string of the molecule is COC(=O)NC(C(=O)N1CCC[C@H]1c1ncc(-c2ccc(C#Cc3ccc(-c4cnc([C@@H]5[C@H]6CC[C@H](C6)N5C(=O)C(NC(=O)OC)C(C)C)[nH]4)cc3)cc2)[nH]1)C(C)C. The van der Waals surface area contributed by atoms with Crippen molar-refractivity contribution in [3.05, 3.63) is 83.7 Å². The second kappa shape index (κ2) is 17.2. The van der Waals surface area contributed by atoms with Crippen LogP contribution in [0.1, 0.15) is 94.7 Å². The maximum atomic E-state index is 13.9. The zero-order chi connectivity index (χ0) is 41.1. The van der Waals surface area contributed by atoms with Crippen LogP contribution < -0.4 is 10.6 Å². The first kappa shape index (κ1) is 40.1. The Hall–Kier alpha value is -6.10. The predicted molar refractivity (Wildman–Crippen MR) is 217 cm³/mol. The molecule has 2 aromatic carbocycles. The minimum absolute atomic E-state index is 0.0996. The number of imidazole rings is 2. The Bertz CT molecular complexity index is 2180. The van der Waals surface area contributed by atoms with Gasteiger partial charge in [-0.2, -0.15) is 0 Å². The van der Waals surface area contributed by atoms with Gasteiger partial charge in [-0.25, -0.2) is 19.6 Å². The van der Waals surface area contributed by atoms with Gasteiger partial charge in [-0.3, -0.25) is 9.59 Å². The number of methoxy groups -OCH3 is 2. The summed E-state index contributed by atoms with van der Waals surface area (Å²) in [6, 6.07) is 14.3. The van der Waals surface area contributed by atoms with Gasteiger partial charge in [-0.15, -0.1) is 0 Å². The lowest BCUT2D eigenvalue weighted by Gasteiger charge is -2.37. The van der Waals surface area contributed by atoms with E-state index in [1.165, 1.54) is 14.2 Å². The molecule has 6 atom stereocenters. The molecule has 2 aliphatic heterocycles. The minimum Gasteiger partial charge on any atom is -0.453 e. The first-order valence-electron chi connectivity index (χ1n) is 20.1. The van der Waals surface area contributed by atoms with Crippen LogP contribution in [0.3, 0.4) is 0 Å². The van der Waals surface area contributed by atoms with Crippen molar-refractivity contribution >= 4 is 24.0 Å². The summed E-state index contributed by atoms with van der Waals surface area (Å²) in [5, 5.41) is 5.44. The molecule has 4 N–H and O–H groups in total. The normalized spacial score (nSPS) is 20.8. The summed E-state index contributed by atoms with van der Waals surface area (Å²) >= 11 is 0. The van der Waals surface area contributed by atoms with Crippen molar-refractivity contribution < 1.29 is 28.7 Å². The highest BCUT2D eigenvalue weighted by molar-refractivity contribution is 5.87. The third-order valence-corrected chi connectivity index (χ3v) is 11.7. The molecule has 0 radical (unpaired) electrons. The average molecular weight is 789 g/mol. The van der Waals surface area contributed by atoms with E-state index in [4.69, 9.17) is 14.5 Å². The topological polar surface area (TPSA) is 175 Å². The lowest BCUT2D eigenvalue weighted by atomic mass is 9.95. The Morgan fingerprint density at radius 3 is 1.78 bits per heavy atom. The van der Waals surface area contributed by atoms with Crippen LogP contribution in [-0.4, -0.2) is 92.6 Å². The van der Waals surface area contributed by atoms with Crippen LogP contribution in [-0.2, 0) is 19.1 Å². The van der Waals surface area contributed by atoms with Crippen molar-refractivity contribution in [2.75, 3.05) is 20.8 Å². The number of fused-ring (bicyclic) bond motifs is 2. The van der Waals surface area contributed by atoms with Gasteiger partial charge >= 0.3 is 12.2 Å². The molecule has 4 heterocycles. The predicted octanol–water partition coefficient (Wildman–Crippen LogP) is 6.34. The Kier molecular flexibility index (Phi) is 11.9. The van der Waals surface area contributed by atoms with Crippen molar-refractivity contribution in [3.63, 3.8) is 0 Å². The summed E-state index contributed by atoms with van der Waals surface area (Å²) in [6.07, 6.45) is 6.90. The number of piperidine rings is 1. The summed E-state index contributed by atoms with van der Waals surface area (Å²) < 4.78 is 9.56. The molecule has 0 spiro atoms. The molecule has 2 bridgehead atoms. The number of hydrogen-bond donors (Lipinski definition) is 4. The van der Waals surface area contributed by atoms with Crippen LogP contribution in [0.15, 0.2) is 60.9 Å². The van der Waals surface area contributed by atoms with Crippen LogP contribution in [0.5, 0.6) is 0 Å². The third kappa shape index (κ3) is 8.30. The van der Waals surface area contributed by atoms with E-state index in [9.17, 15) is 19.2 Å². The fourth-order valence-corrected chi connectivity index (χ4v) is 8.61. The largest absolute Gasteiger partial charge is 0.453 e. The molecule has 58 heavy (non-hydrogen) atoms. The molecule has 4 amide bonds. The monoisotopic (exact) mass is 788 g/mol. The zero-order valence-electron chi connectivity index (χ0n) is 33.9. The Morgan fingerprint density at radius 2 is 1.24 bits per heavy atom. The van der Waals surface area contributed by atoms with Gasteiger partial charge < -0.3 is 39.9 Å². The van der Waals surface area contributed by atoms with Crippen molar-refractivity contribution in [1.82, 2.24) is 40.4 Å². The maximum Gasteiger partial charge on any atom is 0.407 e. The number of aromatic nitrogens is 4. The highest BCUT2D eigenvalue weighted by atomic mass is 16.5. The zero-order valence-corrected chi connectivity index (χ0v) is 33.9. The van der Waals surface area contributed by atoms with Crippen molar-refractivity contribution in [3.8, 4) is 34.4 Å². The van der Waals surface area contributed by atoms with E-state index in [1.54, 1.807) is 11.1 Å². The van der Waals surface area contributed by atoms with Crippen molar-refractivity contribution in [2.45, 2.75) is 90.0 Å². The first-order valence-corrected chi connectivity index (χ1v) is 20.1. The van der Waals surface area contributed by atoms with E-state index < -0.39 is 24.3 Å². The maximum absolute atomic E-state index is 13.9. The molecule has 3 fully saturated rings. The second-order valence-electron chi connectivity index (χ2n) is 16.1. The lowest BCUT2D eigenvalue weighted by molar-refractivity contribution is -0.139. The van der Waals surface area contributed by atoms with Gasteiger partial charge in [0.25, 0.3) is 0 Å². The molecule has 14 heteroatoms. The van der Waals surface area contributed by atoms with Crippen LogP contribution >= 0.6 is 0 Å².